The van der Waals surface area contributed by atoms with Crippen LogP contribution < -0.4 is 10.8 Å². The van der Waals surface area contributed by atoms with E-state index in [-0.39, 0.29) is 23.6 Å². The lowest BCUT2D eigenvalue weighted by Gasteiger charge is -2.35. The normalized spacial score (nSPS) is 18.1. The van der Waals surface area contributed by atoms with E-state index in [0.29, 0.717) is 44.6 Å². The predicted molar refractivity (Wildman–Crippen MR) is 140 cm³/mol. The van der Waals surface area contributed by atoms with Gasteiger partial charge in [0.25, 0.3) is 0 Å². The number of amides is 1. The van der Waals surface area contributed by atoms with E-state index in [4.69, 9.17) is 0 Å². The number of hydrogen-bond donors (Lipinski definition) is 2. The largest absolute Gasteiger partial charge is 0.418 e. The molecule has 0 atom stereocenters. The average Bonchev–Trinajstić information content (AvgIpc) is 2.92. The molecule has 2 aromatic carbocycles. The Morgan fingerprint density at radius 2 is 1.55 bits per heavy atom. The molecule has 4 rings (SSSR count). The number of carbonyl (C=O) groups excluding carboxylic acids is 1. The molecule has 0 spiro atoms. The van der Waals surface area contributed by atoms with Gasteiger partial charge in [0.15, 0.2) is 0 Å². The first-order chi connectivity index (χ1) is 18.9. The number of halogens is 6. The molecule has 2 saturated heterocycles. The van der Waals surface area contributed by atoms with Crippen molar-refractivity contribution in [2.45, 2.75) is 56.4 Å². The van der Waals surface area contributed by atoms with Crippen LogP contribution in [0.4, 0.5) is 37.7 Å². The van der Waals surface area contributed by atoms with Crippen LogP contribution in [0.15, 0.2) is 42.5 Å². The van der Waals surface area contributed by atoms with Gasteiger partial charge in [-0.25, -0.2) is 0 Å². The van der Waals surface area contributed by atoms with Crippen molar-refractivity contribution >= 4 is 17.3 Å². The molecular weight excluding hydrogens is 538 g/mol. The lowest BCUT2D eigenvalue weighted by Crippen LogP contribution is -2.43. The molecule has 0 radical (unpaired) electrons. The zero-order valence-corrected chi connectivity index (χ0v) is 22.2. The van der Waals surface area contributed by atoms with Crippen molar-refractivity contribution in [3.8, 4) is 0 Å². The Morgan fingerprint density at radius 1 is 0.900 bits per heavy atom. The minimum Gasteiger partial charge on any atom is -0.382 e. The first kappa shape index (κ1) is 30.0. The first-order valence-corrected chi connectivity index (χ1v) is 13.4. The van der Waals surface area contributed by atoms with E-state index in [1.165, 1.54) is 13.2 Å². The standard InChI is InChI=1S/C28H34F6N4O2/c1-40-36-25-7-6-23(18-24(25)28(32,33)34)35-22-10-16-38(17-11-22)26(39)12-15-37-13-8-20(9-14-37)19-2-4-21(5-3-19)27(29,30)31/h2-7,18,20,22,35-36H,8-17H2,1H3. The van der Waals surface area contributed by atoms with Crippen LogP contribution in [0.1, 0.15) is 54.7 Å². The highest BCUT2D eigenvalue weighted by Gasteiger charge is 2.34. The quantitative estimate of drug-likeness (QED) is 0.285. The van der Waals surface area contributed by atoms with Gasteiger partial charge in [0.05, 0.1) is 23.9 Å². The van der Waals surface area contributed by atoms with Crippen LogP contribution in [0.2, 0.25) is 0 Å². The SMILES string of the molecule is CONc1ccc(NC2CCN(C(=O)CCN3CCC(c4ccc(C(F)(F)F)cc4)CC3)CC2)cc1C(F)(F)F. The molecule has 0 bridgehead atoms. The Balaban J connectivity index is 1.19. The third-order valence-electron chi connectivity index (χ3n) is 7.69. The van der Waals surface area contributed by atoms with Crippen LogP contribution in [0.25, 0.3) is 0 Å². The number of likely N-dealkylation sites (tertiary alicyclic amines) is 2. The van der Waals surface area contributed by atoms with Crippen LogP contribution in [-0.2, 0) is 22.0 Å². The molecule has 12 heteroatoms. The Kier molecular flexibility index (Phi) is 9.50. The summed E-state index contributed by atoms with van der Waals surface area (Å²) >= 11 is 0. The van der Waals surface area contributed by atoms with E-state index in [0.717, 1.165) is 49.7 Å². The fourth-order valence-electron chi connectivity index (χ4n) is 5.42. The molecule has 6 nitrogen and oxygen atoms in total. The van der Waals surface area contributed by atoms with Crippen molar-refractivity contribution in [2.24, 2.45) is 0 Å². The molecule has 0 unspecified atom stereocenters. The number of nitrogens with zero attached hydrogens (tertiary/aromatic N) is 2. The molecule has 2 aliphatic rings. The maximum Gasteiger partial charge on any atom is 0.418 e. The van der Waals surface area contributed by atoms with Gasteiger partial charge in [-0.05, 0) is 80.6 Å². The molecule has 1 amide bonds. The van der Waals surface area contributed by atoms with Gasteiger partial charge >= 0.3 is 12.4 Å². The fourth-order valence-corrected chi connectivity index (χ4v) is 5.42. The fraction of sp³-hybridized carbons (Fsp3) is 0.536. The van der Waals surface area contributed by atoms with Crippen molar-refractivity contribution in [2.75, 3.05) is 50.6 Å². The Morgan fingerprint density at radius 3 is 2.12 bits per heavy atom. The number of piperidine rings is 2. The maximum atomic E-state index is 13.4. The van der Waals surface area contributed by atoms with E-state index in [1.807, 2.05) is 0 Å². The van der Waals surface area contributed by atoms with Crippen molar-refractivity contribution in [3.05, 3.63) is 59.2 Å². The molecule has 0 aliphatic carbocycles. The molecular formula is C28H34F6N4O2. The summed E-state index contributed by atoms with van der Waals surface area (Å²) in [5.74, 6) is 0.262. The molecule has 2 heterocycles. The molecule has 2 aromatic rings. The average molecular weight is 573 g/mol. The van der Waals surface area contributed by atoms with E-state index in [9.17, 15) is 31.1 Å². The maximum absolute atomic E-state index is 13.4. The van der Waals surface area contributed by atoms with Crippen molar-refractivity contribution in [1.29, 1.82) is 0 Å². The number of rotatable bonds is 8. The number of benzene rings is 2. The second-order valence-electron chi connectivity index (χ2n) is 10.3. The van der Waals surface area contributed by atoms with Gasteiger partial charge in [0.2, 0.25) is 5.91 Å². The van der Waals surface area contributed by atoms with E-state index >= 15 is 0 Å². The molecule has 220 valence electrons. The molecule has 2 aliphatic heterocycles. The minimum absolute atomic E-state index is 0.0457. The van der Waals surface area contributed by atoms with E-state index in [1.54, 1.807) is 23.1 Å². The monoisotopic (exact) mass is 572 g/mol. The van der Waals surface area contributed by atoms with Crippen LogP contribution in [0.5, 0.6) is 0 Å². The van der Waals surface area contributed by atoms with Gasteiger partial charge in [0, 0.05) is 37.8 Å². The van der Waals surface area contributed by atoms with E-state index < -0.39 is 23.5 Å². The number of nitrogens with one attached hydrogen (secondary N) is 2. The lowest BCUT2D eigenvalue weighted by atomic mass is 9.89. The Bertz CT molecular complexity index is 1120. The highest BCUT2D eigenvalue weighted by molar-refractivity contribution is 5.76. The van der Waals surface area contributed by atoms with Crippen molar-refractivity contribution in [3.63, 3.8) is 0 Å². The number of alkyl halides is 6. The first-order valence-electron chi connectivity index (χ1n) is 13.4. The van der Waals surface area contributed by atoms with Gasteiger partial charge < -0.3 is 15.1 Å². The van der Waals surface area contributed by atoms with Crippen molar-refractivity contribution < 1.29 is 36.0 Å². The number of hydrogen-bond acceptors (Lipinski definition) is 5. The summed E-state index contributed by atoms with van der Waals surface area (Å²) in [7, 11) is 1.25. The second kappa shape index (κ2) is 12.7. The van der Waals surface area contributed by atoms with Crippen LogP contribution in [0.3, 0.4) is 0 Å². The van der Waals surface area contributed by atoms with E-state index in [2.05, 4.69) is 20.5 Å². The third kappa shape index (κ3) is 7.81. The second-order valence-corrected chi connectivity index (χ2v) is 10.3. The summed E-state index contributed by atoms with van der Waals surface area (Å²) in [5.41, 5.74) is 1.90. The minimum atomic E-state index is -4.54. The zero-order chi connectivity index (χ0) is 28.9. The lowest BCUT2D eigenvalue weighted by molar-refractivity contribution is -0.138. The topological polar surface area (TPSA) is 56.8 Å². The summed E-state index contributed by atoms with van der Waals surface area (Å²) in [6.07, 6.45) is -5.58. The molecule has 2 N–H and O–H groups in total. The predicted octanol–water partition coefficient (Wildman–Crippen LogP) is 6.37. The molecule has 0 saturated carbocycles. The Hall–Kier alpha value is -2.99. The van der Waals surface area contributed by atoms with Crippen molar-refractivity contribution in [1.82, 2.24) is 9.80 Å². The van der Waals surface area contributed by atoms with Gasteiger partial charge in [-0.1, -0.05) is 12.1 Å². The van der Waals surface area contributed by atoms with Gasteiger partial charge in [-0.3, -0.25) is 15.1 Å². The molecule has 40 heavy (non-hydrogen) atoms. The van der Waals surface area contributed by atoms with Gasteiger partial charge in [-0.2, -0.15) is 26.3 Å². The Labute approximate surface area is 229 Å². The third-order valence-corrected chi connectivity index (χ3v) is 7.69. The highest BCUT2D eigenvalue weighted by atomic mass is 19.4. The molecule has 0 aromatic heterocycles. The summed E-state index contributed by atoms with van der Waals surface area (Å²) in [6, 6.07) is 9.29. The summed E-state index contributed by atoms with van der Waals surface area (Å²) in [6.45, 7) is 3.25. The molecule has 2 fully saturated rings. The summed E-state index contributed by atoms with van der Waals surface area (Å²) in [5, 5.41) is 3.16. The summed E-state index contributed by atoms with van der Waals surface area (Å²) in [4.78, 5) is 21.5. The smallest absolute Gasteiger partial charge is 0.382 e. The number of carbonyl (C=O) groups is 1. The highest BCUT2D eigenvalue weighted by Crippen LogP contribution is 2.37. The van der Waals surface area contributed by atoms with Gasteiger partial charge in [-0.15, -0.1) is 0 Å². The zero-order valence-electron chi connectivity index (χ0n) is 22.2. The van der Waals surface area contributed by atoms with Crippen LogP contribution in [0, 0.1) is 0 Å². The van der Waals surface area contributed by atoms with Crippen LogP contribution in [-0.4, -0.2) is 61.6 Å². The number of anilines is 2. The van der Waals surface area contributed by atoms with Gasteiger partial charge in [0.1, 0.15) is 0 Å². The van der Waals surface area contributed by atoms with Crippen LogP contribution >= 0.6 is 0 Å². The summed E-state index contributed by atoms with van der Waals surface area (Å²) < 4.78 is 78.7.